The summed E-state index contributed by atoms with van der Waals surface area (Å²) in [5.41, 5.74) is 15.1. The first-order valence-corrected chi connectivity index (χ1v) is 16.8. The van der Waals surface area contributed by atoms with Crippen LogP contribution in [0.25, 0.3) is 110 Å². The van der Waals surface area contributed by atoms with Crippen molar-refractivity contribution in [2.75, 3.05) is 0 Å². The van der Waals surface area contributed by atoms with Gasteiger partial charge in [-0.25, -0.2) is 8.78 Å². The fourth-order valence-corrected chi connectivity index (χ4v) is 8.79. The molecule has 0 saturated carbocycles. The van der Waals surface area contributed by atoms with Crippen molar-refractivity contribution in [2.45, 2.75) is 0 Å². The van der Waals surface area contributed by atoms with Gasteiger partial charge in [-0.3, -0.25) is 4.98 Å². The van der Waals surface area contributed by atoms with E-state index >= 15 is 4.39 Å². The zero-order valence-electron chi connectivity index (χ0n) is 26.6. The first-order chi connectivity index (χ1) is 24.7. The highest BCUT2D eigenvalue weighted by atomic mass is 19.1. The minimum absolute atomic E-state index is 0.436. The molecule has 1 heterocycles. The zero-order chi connectivity index (χ0) is 33.1. The molecule has 1 nitrogen and oxygen atoms in total. The van der Waals surface area contributed by atoms with Gasteiger partial charge in [0.25, 0.3) is 0 Å². The van der Waals surface area contributed by atoms with Gasteiger partial charge in [0.2, 0.25) is 0 Å². The van der Waals surface area contributed by atoms with Crippen LogP contribution in [0.3, 0.4) is 0 Å². The summed E-state index contributed by atoms with van der Waals surface area (Å²) in [6, 6.07) is 49.7. The molecule has 1 aromatic heterocycles. The number of rotatable bonds is 3. The van der Waals surface area contributed by atoms with E-state index in [4.69, 9.17) is 4.98 Å². The molecule has 3 heteroatoms. The molecule has 8 aromatic carbocycles. The molecule has 0 fully saturated rings. The van der Waals surface area contributed by atoms with Crippen LogP contribution in [0.2, 0.25) is 0 Å². The van der Waals surface area contributed by atoms with Crippen LogP contribution in [-0.2, 0) is 0 Å². The second kappa shape index (κ2) is 10.0. The summed E-state index contributed by atoms with van der Waals surface area (Å²) in [6.45, 7) is 0. The van der Waals surface area contributed by atoms with Crippen LogP contribution in [0.5, 0.6) is 0 Å². The van der Waals surface area contributed by atoms with E-state index in [1.807, 2.05) is 6.07 Å². The lowest BCUT2D eigenvalue weighted by Gasteiger charge is -2.20. The van der Waals surface area contributed by atoms with Gasteiger partial charge in [-0.15, -0.1) is 0 Å². The van der Waals surface area contributed by atoms with Gasteiger partial charge in [-0.2, -0.15) is 0 Å². The lowest BCUT2D eigenvalue weighted by atomic mass is 9.82. The molecule has 0 amide bonds. The molecule has 0 unspecified atom stereocenters. The van der Waals surface area contributed by atoms with E-state index < -0.39 is 11.6 Å². The van der Waals surface area contributed by atoms with E-state index in [-0.39, 0.29) is 0 Å². The van der Waals surface area contributed by atoms with Crippen molar-refractivity contribution in [1.29, 1.82) is 0 Å². The molecule has 232 valence electrons. The number of fused-ring (bicyclic) bond motifs is 7. The topological polar surface area (TPSA) is 12.9 Å². The molecule has 0 saturated heterocycles. The van der Waals surface area contributed by atoms with E-state index in [0.29, 0.717) is 11.1 Å². The van der Waals surface area contributed by atoms with Crippen LogP contribution < -0.4 is 0 Å². The highest BCUT2D eigenvalue weighted by molar-refractivity contribution is 6.29. The number of hydrogen-bond acceptors (Lipinski definition) is 1. The minimum atomic E-state index is -0.580. The van der Waals surface area contributed by atoms with Gasteiger partial charge in [0.1, 0.15) is 11.6 Å². The summed E-state index contributed by atoms with van der Waals surface area (Å²) in [7, 11) is 0. The van der Waals surface area contributed by atoms with Crippen molar-refractivity contribution >= 4 is 32.4 Å². The molecule has 2 aliphatic carbocycles. The Kier molecular flexibility index (Phi) is 5.52. The van der Waals surface area contributed by atoms with Crippen molar-refractivity contribution in [1.82, 2.24) is 4.98 Å². The summed E-state index contributed by atoms with van der Waals surface area (Å²) in [5.74, 6) is -1.14. The lowest BCUT2D eigenvalue weighted by molar-refractivity contribution is 0.587. The Morgan fingerprint density at radius 3 is 1.68 bits per heavy atom. The Morgan fingerprint density at radius 2 is 0.980 bits per heavy atom. The molecule has 0 aliphatic heterocycles. The van der Waals surface area contributed by atoms with Gasteiger partial charge < -0.3 is 0 Å². The molecule has 9 aromatic rings. The fraction of sp³-hybridized carbons (Fsp3) is 0. The SMILES string of the molecule is Fc1cc(F)c2c(c1)-c1ccnc3cc(-c4ccc5c6c(cccc46)-c4c-5c(-c5ccccc5)c5ccccc5c4-c4ccccc4)cc-2c13. The van der Waals surface area contributed by atoms with Gasteiger partial charge in [0.15, 0.2) is 0 Å². The lowest BCUT2D eigenvalue weighted by Crippen LogP contribution is -1.93. The van der Waals surface area contributed by atoms with Crippen molar-refractivity contribution in [3.63, 3.8) is 0 Å². The highest BCUT2D eigenvalue weighted by Gasteiger charge is 2.32. The Balaban J connectivity index is 1.24. The highest BCUT2D eigenvalue weighted by Crippen LogP contribution is 2.59. The molecular weight excluding hydrogens is 617 g/mol. The van der Waals surface area contributed by atoms with Gasteiger partial charge >= 0.3 is 0 Å². The molecule has 11 rings (SSSR count). The third kappa shape index (κ3) is 3.61. The van der Waals surface area contributed by atoms with Crippen LogP contribution in [-0.4, -0.2) is 4.98 Å². The Bertz CT molecular complexity index is 2840. The first kappa shape index (κ1) is 27.5. The molecule has 0 atom stereocenters. The number of pyridine rings is 1. The second-order valence-electron chi connectivity index (χ2n) is 13.3. The van der Waals surface area contributed by atoms with Crippen LogP contribution in [0.1, 0.15) is 0 Å². The maximum absolute atomic E-state index is 15.5. The standard InChI is InChI=1S/C47H25F2N/c48-29-24-37-34-20-21-50-40-23-28(22-38(45(34)40)44(37)39(49)25-29)30-18-19-36-43-31(30)16-9-17-35(43)46-41(26-10-3-1-4-11-26)32-14-7-8-15-33(32)42(47(36)46)27-12-5-2-6-13-27/h1-25H. The summed E-state index contributed by atoms with van der Waals surface area (Å²) in [4.78, 5) is 4.73. The van der Waals surface area contributed by atoms with Crippen LogP contribution in [0, 0.1) is 11.6 Å². The quantitative estimate of drug-likeness (QED) is 0.187. The third-order valence-corrected chi connectivity index (χ3v) is 10.7. The fourth-order valence-electron chi connectivity index (χ4n) is 8.79. The summed E-state index contributed by atoms with van der Waals surface area (Å²) >= 11 is 0. The van der Waals surface area contributed by atoms with Crippen molar-refractivity contribution in [2.24, 2.45) is 0 Å². The predicted molar refractivity (Wildman–Crippen MR) is 202 cm³/mol. The zero-order valence-corrected chi connectivity index (χ0v) is 26.6. The summed E-state index contributed by atoms with van der Waals surface area (Å²) < 4.78 is 30.0. The molecule has 50 heavy (non-hydrogen) atoms. The number of halogens is 2. The Morgan fingerprint density at radius 1 is 0.360 bits per heavy atom. The number of hydrogen-bond donors (Lipinski definition) is 0. The maximum Gasteiger partial charge on any atom is 0.134 e. The average molecular weight is 642 g/mol. The van der Waals surface area contributed by atoms with Crippen molar-refractivity contribution in [3.05, 3.63) is 163 Å². The number of aromatic nitrogens is 1. The van der Waals surface area contributed by atoms with Gasteiger partial charge in [-0.05, 0) is 118 Å². The van der Waals surface area contributed by atoms with Crippen LogP contribution in [0.4, 0.5) is 8.78 Å². The first-order valence-electron chi connectivity index (χ1n) is 16.8. The van der Waals surface area contributed by atoms with E-state index in [0.717, 1.165) is 44.6 Å². The van der Waals surface area contributed by atoms with Gasteiger partial charge in [-0.1, -0.05) is 115 Å². The van der Waals surface area contributed by atoms with E-state index in [9.17, 15) is 4.39 Å². The molecule has 2 aliphatic rings. The summed E-state index contributed by atoms with van der Waals surface area (Å²) in [6.07, 6.45) is 1.73. The van der Waals surface area contributed by atoms with Crippen LogP contribution >= 0.6 is 0 Å². The van der Waals surface area contributed by atoms with E-state index in [2.05, 4.69) is 127 Å². The number of benzene rings is 8. The van der Waals surface area contributed by atoms with Gasteiger partial charge in [0.05, 0.1) is 5.52 Å². The van der Waals surface area contributed by atoms with E-state index in [1.165, 1.54) is 66.7 Å². The smallest absolute Gasteiger partial charge is 0.134 e. The maximum atomic E-state index is 15.5. The molecule has 0 bridgehead atoms. The summed E-state index contributed by atoms with van der Waals surface area (Å²) in [5, 5.41) is 5.63. The third-order valence-electron chi connectivity index (χ3n) is 10.7. The van der Waals surface area contributed by atoms with Gasteiger partial charge in [0, 0.05) is 23.2 Å². The molecule has 0 spiro atoms. The largest absolute Gasteiger partial charge is 0.256 e. The van der Waals surface area contributed by atoms with Crippen molar-refractivity contribution < 1.29 is 8.78 Å². The predicted octanol–water partition coefficient (Wildman–Crippen LogP) is 13.1. The monoisotopic (exact) mass is 641 g/mol. The van der Waals surface area contributed by atoms with Crippen LogP contribution in [0.15, 0.2) is 152 Å². The Labute approximate surface area is 286 Å². The number of nitrogens with zero attached hydrogens (tertiary/aromatic N) is 1. The average Bonchev–Trinajstić information content (AvgIpc) is 3.66. The van der Waals surface area contributed by atoms with E-state index in [1.54, 1.807) is 6.20 Å². The molecule has 0 radical (unpaired) electrons. The van der Waals surface area contributed by atoms with Crippen molar-refractivity contribution in [3.8, 4) is 77.9 Å². The normalized spacial score (nSPS) is 12.2. The molecule has 0 N–H and O–H groups in total. The minimum Gasteiger partial charge on any atom is -0.256 e. The Hall–Kier alpha value is -6.45. The second-order valence-corrected chi connectivity index (χ2v) is 13.3. The molecular formula is C47H25F2N.